The molecule has 0 bridgehead atoms. The lowest BCUT2D eigenvalue weighted by Gasteiger charge is -2.11. The topological polar surface area (TPSA) is 128 Å². The van der Waals surface area contributed by atoms with Gasteiger partial charge in [0, 0.05) is 25.8 Å². The molecular formula is C15H17F2N3O4. The number of aliphatic hydroxyl groups is 1. The predicted octanol–water partition coefficient (Wildman–Crippen LogP) is 0.273. The van der Waals surface area contributed by atoms with E-state index in [1.807, 2.05) is 0 Å². The van der Waals surface area contributed by atoms with E-state index in [1.54, 1.807) is 0 Å². The van der Waals surface area contributed by atoms with Crippen LogP contribution in [0, 0.1) is 11.6 Å². The highest BCUT2D eigenvalue weighted by molar-refractivity contribution is 6.19. The van der Waals surface area contributed by atoms with Gasteiger partial charge in [-0.25, -0.2) is 13.6 Å². The molecule has 1 aromatic rings. The van der Waals surface area contributed by atoms with Crippen molar-refractivity contribution >= 4 is 17.6 Å². The molecule has 9 heteroatoms. The zero-order valence-electron chi connectivity index (χ0n) is 12.9. The lowest BCUT2D eigenvalue weighted by atomic mass is 10.1. The SMILES string of the molecule is CN=C(N)C(C(=O)OCC(=O)c1c(F)cccc1F)=C(N)CCO. The minimum atomic E-state index is -1.09. The number of Topliss-reactive ketones (excluding diaryl/α,β-unsaturated/α-hetero) is 1. The van der Waals surface area contributed by atoms with Crippen molar-refractivity contribution in [1.82, 2.24) is 0 Å². The molecule has 130 valence electrons. The van der Waals surface area contributed by atoms with Crippen molar-refractivity contribution in [1.29, 1.82) is 0 Å². The van der Waals surface area contributed by atoms with Gasteiger partial charge < -0.3 is 21.3 Å². The van der Waals surface area contributed by atoms with E-state index >= 15 is 0 Å². The molecule has 0 radical (unpaired) electrons. The second-order valence-electron chi connectivity index (χ2n) is 4.58. The third-order valence-electron chi connectivity index (χ3n) is 2.98. The fraction of sp³-hybridized carbons (Fsp3) is 0.267. The maximum Gasteiger partial charge on any atom is 0.344 e. The Kier molecular flexibility index (Phi) is 6.99. The van der Waals surface area contributed by atoms with Gasteiger partial charge in [0.1, 0.15) is 23.0 Å². The number of hydrogen-bond donors (Lipinski definition) is 3. The number of carbonyl (C=O) groups is 2. The largest absolute Gasteiger partial charge is 0.454 e. The molecule has 0 saturated carbocycles. The van der Waals surface area contributed by atoms with Gasteiger partial charge >= 0.3 is 5.97 Å². The van der Waals surface area contributed by atoms with Crippen molar-refractivity contribution in [2.75, 3.05) is 20.3 Å². The van der Waals surface area contributed by atoms with Crippen LogP contribution in [0.5, 0.6) is 0 Å². The number of aliphatic imine (C=N–C) groups is 1. The Labute approximate surface area is 136 Å². The van der Waals surface area contributed by atoms with Gasteiger partial charge in [0.25, 0.3) is 0 Å². The number of carbonyl (C=O) groups excluding carboxylic acids is 2. The number of amidine groups is 1. The van der Waals surface area contributed by atoms with Crippen molar-refractivity contribution in [2.45, 2.75) is 6.42 Å². The summed E-state index contributed by atoms with van der Waals surface area (Å²) in [4.78, 5) is 27.5. The van der Waals surface area contributed by atoms with E-state index < -0.39 is 35.6 Å². The van der Waals surface area contributed by atoms with Gasteiger partial charge in [-0.05, 0) is 12.1 Å². The summed E-state index contributed by atoms with van der Waals surface area (Å²) in [5.41, 5.74) is 9.96. The standard InChI is InChI=1S/C15H17F2N3O4/c1-20-14(19)13(10(18)5-6-21)15(23)24-7-11(22)12-8(16)3-2-4-9(12)17/h2-4,21H,5-7,18H2,1H3,(H2,19,20). The average Bonchev–Trinajstić information content (AvgIpc) is 2.53. The van der Waals surface area contributed by atoms with Gasteiger partial charge in [-0.15, -0.1) is 0 Å². The minimum absolute atomic E-state index is 0.0729. The van der Waals surface area contributed by atoms with Crippen LogP contribution in [0.4, 0.5) is 8.78 Å². The summed E-state index contributed by atoms with van der Waals surface area (Å²) in [5.74, 6) is -4.54. The molecule has 0 saturated heterocycles. The number of nitrogens with two attached hydrogens (primary N) is 2. The van der Waals surface area contributed by atoms with E-state index in [4.69, 9.17) is 21.3 Å². The first-order valence-corrected chi connectivity index (χ1v) is 6.79. The summed E-state index contributed by atoms with van der Waals surface area (Å²) in [5, 5.41) is 8.87. The highest BCUT2D eigenvalue weighted by Gasteiger charge is 2.23. The summed E-state index contributed by atoms with van der Waals surface area (Å²) in [6.07, 6.45) is -0.0729. The molecule has 0 aliphatic heterocycles. The van der Waals surface area contributed by atoms with Crippen LogP contribution in [0.15, 0.2) is 34.5 Å². The van der Waals surface area contributed by atoms with Crippen LogP contribution < -0.4 is 11.5 Å². The Morgan fingerprint density at radius 3 is 2.33 bits per heavy atom. The van der Waals surface area contributed by atoms with Crippen molar-refractivity contribution in [3.63, 3.8) is 0 Å². The normalized spacial score (nSPS) is 12.6. The van der Waals surface area contributed by atoms with Crippen LogP contribution >= 0.6 is 0 Å². The Balaban J connectivity index is 2.94. The Morgan fingerprint density at radius 1 is 1.25 bits per heavy atom. The molecule has 0 spiro atoms. The van der Waals surface area contributed by atoms with Crippen LogP contribution in [0.25, 0.3) is 0 Å². The first-order valence-electron chi connectivity index (χ1n) is 6.79. The number of ketones is 1. The number of halogens is 2. The first-order chi connectivity index (χ1) is 11.3. The summed E-state index contributed by atoms with van der Waals surface area (Å²) in [6, 6.07) is 2.91. The first kappa shape index (κ1) is 19.2. The smallest absolute Gasteiger partial charge is 0.344 e. The van der Waals surface area contributed by atoms with E-state index in [9.17, 15) is 18.4 Å². The molecule has 0 fully saturated rings. The molecule has 0 atom stereocenters. The van der Waals surface area contributed by atoms with Gasteiger partial charge in [0.2, 0.25) is 5.78 Å². The highest BCUT2D eigenvalue weighted by Crippen LogP contribution is 2.13. The number of esters is 1. The molecular weight excluding hydrogens is 324 g/mol. The zero-order chi connectivity index (χ0) is 18.3. The molecule has 1 rings (SSSR count). The summed E-state index contributed by atoms with van der Waals surface area (Å²) < 4.78 is 31.7. The number of rotatable bonds is 7. The van der Waals surface area contributed by atoms with Crippen LogP contribution in [0.3, 0.4) is 0 Å². The van der Waals surface area contributed by atoms with Crippen LogP contribution in [-0.4, -0.2) is 43.0 Å². The quantitative estimate of drug-likeness (QED) is 0.215. The fourth-order valence-electron chi connectivity index (χ4n) is 1.80. The van der Waals surface area contributed by atoms with E-state index in [1.165, 1.54) is 7.05 Å². The molecule has 0 aliphatic carbocycles. The number of ether oxygens (including phenoxy) is 1. The van der Waals surface area contributed by atoms with E-state index in [0.29, 0.717) is 0 Å². The fourth-order valence-corrected chi connectivity index (χ4v) is 1.80. The molecule has 0 aliphatic rings. The third kappa shape index (κ3) is 4.59. The van der Waals surface area contributed by atoms with Gasteiger partial charge in [0.05, 0.1) is 5.56 Å². The van der Waals surface area contributed by atoms with Crippen molar-refractivity contribution in [2.24, 2.45) is 16.5 Å². The zero-order valence-corrected chi connectivity index (χ0v) is 12.9. The Hall–Kier alpha value is -2.81. The lowest BCUT2D eigenvalue weighted by Crippen LogP contribution is -2.28. The summed E-state index contributed by atoms with van der Waals surface area (Å²) >= 11 is 0. The molecule has 0 heterocycles. The molecule has 7 nitrogen and oxygen atoms in total. The Bertz CT molecular complexity index is 682. The molecule has 1 aromatic carbocycles. The number of hydrogen-bond acceptors (Lipinski definition) is 6. The minimum Gasteiger partial charge on any atom is -0.454 e. The van der Waals surface area contributed by atoms with Crippen LogP contribution in [-0.2, 0) is 9.53 Å². The van der Waals surface area contributed by atoms with Crippen molar-refractivity contribution in [3.8, 4) is 0 Å². The predicted molar refractivity (Wildman–Crippen MR) is 82.1 cm³/mol. The monoisotopic (exact) mass is 341 g/mol. The molecule has 5 N–H and O–H groups in total. The van der Waals surface area contributed by atoms with Gasteiger partial charge in [-0.2, -0.15) is 0 Å². The maximum absolute atomic E-state index is 13.5. The summed E-state index contributed by atoms with van der Waals surface area (Å²) in [7, 11) is 1.30. The van der Waals surface area contributed by atoms with Crippen molar-refractivity contribution < 1.29 is 28.2 Å². The van der Waals surface area contributed by atoms with Gasteiger partial charge in [-0.1, -0.05) is 6.07 Å². The lowest BCUT2D eigenvalue weighted by molar-refractivity contribution is -0.137. The third-order valence-corrected chi connectivity index (χ3v) is 2.98. The second-order valence-corrected chi connectivity index (χ2v) is 4.58. The Morgan fingerprint density at radius 2 is 1.83 bits per heavy atom. The van der Waals surface area contributed by atoms with Gasteiger partial charge in [0.15, 0.2) is 6.61 Å². The molecule has 0 unspecified atom stereocenters. The summed E-state index contributed by atoms with van der Waals surface area (Å²) in [6.45, 7) is -1.26. The number of benzene rings is 1. The van der Waals surface area contributed by atoms with Crippen LogP contribution in [0.1, 0.15) is 16.8 Å². The van der Waals surface area contributed by atoms with Gasteiger partial charge in [-0.3, -0.25) is 9.79 Å². The van der Waals surface area contributed by atoms with E-state index in [-0.39, 0.29) is 30.1 Å². The molecule has 24 heavy (non-hydrogen) atoms. The average molecular weight is 341 g/mol. The van der Waals surface area contributed by atoms with Crippen molar-refractivity contribution in [3.05, 3.63) is 46.7 Å². The second kappa shape index (κ2) is 8.73. The highest BCUT2D eigenvalue weighted by atomic mass is 19.1. The number of nitrogens with zero attached hydrogens (tertiary/aromatic N) is 1. The van der Waals surface area contributed by atoms with Crippen LogP contribution in [0.2, 0.25) is 0 Å². The maximum atomic E-state index is 13.5. The number of aliphatic hydroxyl groups excluding tert-OH is 1. The van der Waals surface area contributed by atoms with E-state index in [2.05, 4.69) is 4.99 Å². The molecule has 0 aromatic heterocycles. The molecule has 0 amide bonds. The van der Waals surface area contributed by atoms with E-state index in [0.717, 1.165) is 18.2 Å².